The molecule has 1 heterocycles. The lowest BCUT2D eigenvalue weighted by Gasteiger charge is -2.28. The van der Waals surface area contributed by atoms with Crippen LogP contribution < -0.4 is 10.2 Å². The van der Waals surface area contributed by atoms with Gasteiger partial charge in [0.2, 0.25) is 0 Å². The monoisotopic (exact) mass is 256 g/mol. The Bertz CT molecular complexity index is 403. The molecule has 1 fully saturated rings. The van der Waals surface area contributed by atoms with Crippen molar-refractivity contribution < 1.29 is 18.3 Å². The van der Waals surface area contributed by atoms with Crippen LogP contribution in [0.15, 0.2) is 24.3 Å². The summed E-state index contributed by atoms with van der Waals surface area (Å²) in [4.78, 5) is 13.0. The maximum absolute atomic E-state index is 12.0. The number of nitrogens with zero attached hydrogens (tertiary/aromatic N) is 1. The normalized spacial score (nSPS) is 15.8. The smallest absolute Gasteiger partial charge is 0.315 e. The number of hydrogen-bond donors (Lipinski definition) is 1. The number of alkyl halides is 2. The predicted octanol–water partition coefficient (Wildman–Crippen LogP) is 1.73. The minimum Gasteiger partial charge on any atom is -0.378 e. The van der Waals surface area contributed by atoms with Crippen LogP contribution in [0, 0.1) is 0 Å². The van der Waals surface area contributed by atoms with Crippen LogP contribution in [0.4, 0.5) is 20.2 Å². The van der Waals surface area contributed by atoms with Crippen LogP contribution in [-0.4, -0.2) is 38.6 Å². The van der Waals surface area contributed by atoms with Gasteiger partial charge in [0.25, 0.3) is 5.91 Å². The minimum absolute atomic E-state index is 0.373. The first kappa shape index (κ1) is 12.8. The summed E-state index contributed by atoms with van der Waals surface area (Å²) in [6.45, 7) is 2.99. The second kappa shape index (κ2) is 5.77. The molecule has 0 atom stereocenters. The first-order chi connectivity index (χ1) is 8.66. The number of hydrogen-bond acceptors (Lipinski definition) is 3. The maximum Gasteiger partial charge on any atom is 0.315 e. The molecule has 2 rings (SSSR count). The molecule has 1 N–H and O–H groups in total. The third-order valence-electron chi connectivity index (χ3n) is 2.71. The molecule has 1 saturated heterocycles. The number of benzene rings is 1. The second-order valence-electron chi connectivity index (χ2n) is 3.94. The molecule has 0 aliphatic carbocycles. The van der Waals surface area contributed by atoms with Crippen molar-refractivity contribution >= 4 is 17.3 Å². The summed E-state index contributed by atoms with van der Waals surface area (Å²) in [5.74, 6) is -1.28. The highest BCUT2D eigenvalue weighted by Crippen LogP contribution is 2.19. The first-order valence-corrected chi connectivity index (χ1v) is 5.68. The number of rotatable bonds is 3. The van der Waals surface area contributed by atoms with Gasteiger partial charge >= 0.3 is 6.43 Å². The molecule has 1 amide bonds. The van der Waals surface area contributed by atoms with Crippen molar-refractivity contribution in [3.05, 3.63) is 24.3 Å². The Morgan fingerprint density at radius 3 is 2.39 bits per heavy atom. The first-order valence-electron chi connectivity index (χ1n) is 5.68. The molecule has 0 saturated carbocycles. The van der Waals surface area contributed by atoms with E-state index in [2.05, 4.69) is 10.2 Å². The van der Waals surface area contributed by atoms with Gasteiger partial charge < -0.3 is 15.0 Å². The van der Waals surface area contributed by atoms with Crippen LogP contribution in [0.2, 0.25) is 0 Å². The van der Waals surface area contributed by atoms with Crippen molar-refractivity contribution in [1.29, 1.82) is 0 Å². The van der Waals surface area contributed by atoms with Crippen LogP contribution >= 0.6 is 0 Å². The van der Waals surface area contributed by atoms with Gasteiger partial charge in [-0.3, -0.25) is 4.79 Å². The molecule has 4 nitrogen and oxygen atoms in total. The van der Waals surface area contributed by atoms with E-state index in [0.29, 0.717) is 18.9 Å². The molecule has 0 bridgehead atoms. The predicted molar refractivity (Wildman–Crippen MR) is 64.1 cm³/mol. The van der Waals surface area contributed by atoms with Gasteiger partial charge in [-0.15, -0.1) is 0 Å². The fraction of sp³-hybridized carbons (Fsp3) is 0.417. The Morgan fingerprint density at radius 2 is 1.83 bits per heavy atom. The molecule has 1 aliphatic heterocycles. The van der Waals surface area contributed by atoms with Crippen LogP contribution in [-0.2, 0) is 9.53 Å². The quantitative estimate of drug-likeness (QED) is 0.895. The van der Waals surface area contributed by atoms with E-state index >= 15 is 0 Å². The highest BCUT2D eigenvalue weighted by atomic mass is 19.3. The zero-order chi connectivity index (χ0) is 13.0. The number of anilines is 2. The summed E-state index contributed by atoms with van der Waals surface area (Å²) in [7, 11) is 0. The van der Waals surface area contributed by atoms with Crippen molar-refractivity contribution in [3.8, 4) is 0 Å². The SMILES string of the molecule is O=C(Nc1ccc(N2CCOCC2)cc1)C(F)F. The van der Waals surface area contributed by atoms with Crippen molar-refractivity contribution in [1.82, 2.24) is 0 Å². The molecular formula is C12H14F2N2O2. The van der Waals surface area contributed by atoms with Crippen molar-refractivity contribution in [2.75, 3.05) is 36.5 Å². The molecule has 1 aromatic carbocycles. The Balaban J connectivity index is 1.98. The van der Waals surface area contributed by atoms with Crippen LogP contribution in [0.3, 0.4) is 0 Å². The summed E-state index contributed by atoms with van der Waals surface area (Å²) in [6, 6.07) is 6.83. The van der Waals surface area contributed by atoms with Gasteiger partial charge in [0.05, 0.1) is 13.2 Å². The lowest BCUT2D eigenvalue weighted by molar-refractivity contribution is -0.126. The summed E-state index contributed by atoms with van der Waals surface area (Å²) in [5.41, 5.74) is 1.37. The van der Waals surface area contributed by atoms with Crippen molar-refractivity contribution in [2.45, 2.75) is 6.43 Å². The van der Waals surface area contributed by atoms with Crippen LogP contribution in [0.25, 0.3) is 0 Å². The van der Waals surface area contributed by atoms with Gasteiger partial charge in [-0.25, -0.2) is 0 Å². The molecule has 1 aliphatic rings. The number of morpholine rings is 1. The highest BCUT2D eigenvalue weighted by Gasteiger charge is 2.15. The molecule has 6 heteroatoms. The maximum atomic E-state index is 12.0. The van der Waals surface area contributed by atoms with E-state index in [1.54, 1.807) is 24.3 Å². The van der Waals surface area contributed by atoms with Gasteiger partial charge in [-0.05, 0) is 24.3 Å². The topological polar surface area (TPSA) is 41.6 Å². The standard InChI is InChI=1S/C12H14F2N2O2/c13-11(14)12(17)15-9-1-3-10(4-2-9)16-5-7-18-8-6-16/h1-4,11H,5-8H2,(H,15,17). The largest absolute Gasteiger partial charge is 0.378 e. The zero-order valence-electron chi connectivity index (χ0n) is 9.73. The zero-order valence-corrected chi connectivity index (χ0v) is 9.73. The summed E-state index contributed by atoms with van der Waals surface area (Å²) >= 11 is 0. The number of carbonyl (C=O) groups excluding carboxylic acids is 1. The molecule has 0 aromatic heterocycles. The third-order valence-corrected chi connectivity index (χ3v) is 2.71. The average Bonchev–Trinajstić information content (AvgIpc) is 2.40. The van der Waals surface area contributed by atoms with Gasteiger partial charge in [0.15, 0.2) is 0 Å². The summed E-state index contributed by atoms with van der Waals surface area (Å²) < 4.78 is 29.3. The second-order valence-corrected chi connectivity index (χ2v) is 3.94. The molecule has 1 aromatic rings. The number of carbonyl (C=O) groups is 1. The highest BCUT2D eigenvalue weighted by molar-refractivity contribution is 5.93. The van der Waals surface area contributed by atoms with Gasteiger partial charge in [0.1, 0.15) is 0 Å². The Hall–Kier alpha value is -1.69. The third kappa shape index (κ3) is 3.16. The molecule has 18 heavy (non-hydrogen) atoms. The lowest BCUT2D eigenvalue weighted by atomic mass is 10.2. The molecule has 0 spiro atoms. The van der Waals surface area contributed by atoms with Gasteiger partial charge in [0, 0.05) is 24.5 Å². The summed E-state index contributed by atoms with van der Waals surface area (Å²) in [6.07, 6.45) is -3.00. The van der Waals surface area contributed by atoms with Crippen LogP contribution in [0.5, 0.6) is 0 Å². The number of halogens is 2. The Labute approximate surface area is 104 Å². The van der Waals surface area contributed by atoms with E-state index in [1.165, 1.54) is 0 Å². The molecule has 0 radical (unpaired) electrons. The fourth-order valence-corrected chi connectivity index (χ4v) is 1.77. The van der Waals surface area contributed by atoms with Gasteiger partial charge in [-0.1, -0.05) is 0 Å². The lowest BCUT2D eigenvalue weighted by Crippen LogP contribution is -2.36. The fourth-order valence-electron chi connectivity index (χ4n) is 1.77. The molecular weight excluding hydrogens is 242 g/mol. The van der Waals surface area contributed by atoms with Crippen molar-refractivity contribution in [3.63, 3.8) is 0 Å². The summed E-state index contributed by atoms with van der Waals surface area (Å²) in [5, 5.41) is 2.14. The van der Waals surface area contributed by atoms with E-state index in [0.717, 1.165) is 18.8 Å². The molecule has 98 valence electrons. The number of ether oxygens (including phenoxy) is 1. The van der Waals surface area contributed by atoms with E-state index in [9.17, 15) is 13.6 Å². The van der Waals surface area contributed by atoms with E-state index in [-0.39, 0.29) is 0 Å². The minimum atomic E-state index is -3.00. The van der Waals surface area contributed by atoms with E-state index in [4.69, 9.17) is 4.74 Å². The van der Waals surface area contributed by atoms with Crippen molar-refractivity contribution in [2.24, 2.45) is 0 Å². The number of amides is 1. The van der Waals surface area contributed by atoms with Gasteiger partial charge in [-0.2, -0.15) is 8.78 Å². The number of nitrogens with one attached hydrogen (secondary N) is 1. The Kier molecular flexibility index (Phi) is 4.09. The molecule has 0 unspecified atom stereocenters. The average molecular weight is 256 g/mol. The Morgan fingerprint density at radius 1 is 1.22 bits per heavy atom. The van der Waals surface area contributed by atoms with Crippen LogP contribution in [0.1, 0.15) is 0 Å². The van der Waals surface area contributed by atoms with E-state index in [1.807, 2.05) is 0 Å². The van der Waals surface area contributed by atoms with E-state index < -0.39 is 12.3 Å².